The third-order valence-corrected chi connectivity index (χ3v) is 3.43. The minimum absolute atomic E-state index is 0.315. The van der Waals surface area contributed by atoms with Crippen LogP contribution in [0.4, 0.5) is 5.82 Å². The minimum atomic E-state index is -0.947. The molecule has 0 unspecified atom stereocenters. The smallest absolute Gasteiger partial charge is 0.344 e. The number of ether oxygens (including phenoxy) is 3. The predicted molar refractivity (Wildman–Crippen MR) is 90.5 cm³/mol. The molecule has 2 aromatic rings. The number of rotatable bonds is 7. The molecule has 0 aliphatic rings. The van der Waals surface area contributed by atoms with E-state index in [1.54, 1.807) is 24.3 Å². The standard InChI is InChI=1S/C16H17N3O7/c1-19-14(17)13(15(22)18-16(19)23)9(20)7-26-12(21)8-25-11-6-4-3-5-10(11)24-2/h3-6H,7-8,17H2,1-2H3,(H,18,22,23). The van der Waals surface area contributed by atoms with Gasteiger partial charge >= 0.3 is 11.7 Å². The van der Waals surface area contributed by atoms with Crippen molar-refractivity contribution in [1.29, 1.82) is 0 Å². The van der Waals surface area contributed by atoms with Gasteiger partial charge in [0.25, 0.3) is 5.56 Å². The van der Waals surface area contributed by atoms with E-state index in [1.807, 2.05) is 4.98 Å². The van der Waals surface area contributed by atoms with Gasteiger partial charge in [-0.2, -0.15) is 0 Å². The number of methoxy groups -OCH3 is 1. The number of anilines is 1. The van der Waals surface area contributed by atoms with Gasteiger partial charge in [0.05, 0.1) is 7.11 Å². The van der Waals surface area contributed by atoms with Crippen molar-refractivity contribution in [3.8, 4) is 11.5 Å². The van der Waals surface area contributed by atoms with Gasteiger partial charge in [0.15, 0.2) is 24.7 Å². The Morgan fingerprint density at radius 3 is 2.46 bits per heavy atom. The van der Waals surface area contributed by atoms with Crippen LogP contribution in [0.1, 0.15) is 10.4 Å². The molecule has 10 nitrogen and oxygen atoms in total. The number of Topliss-reactive ketones (excluding diaryl/α,β-unsaturated/α-hetero) is 1. The van der Waals surface area contributed by atoms with Crippen molar-refractivity contribution in [2.45, 2.75) is 0 Å². The highest BCUT2D eigenvalue weighted by Gasteiger charge is 2.19. The average molecular weight is 363 g/mol. The summed E-state index contributed by atoms with van der Waals surface area (Å²) in [5.74, 6) is -1.22. The lowest BCUT2D eigenvalue weighted by atomic mass is 10.2. The van der Waals surface area contributed by atoms with Crippen molar-refractivity contribution in [2.75, 3.05) is 26.1 Å². The van der Waals surface area contributed by atoms with Gasteiger partial charge in [-0.05, 0) is 12.1 Å². The normalized spacial score (nSPS) is 10.2. The molecular weight excluding hydrogens is 346 g/mol. The molecule has 2 rings (SSSR count). The number of nitrogens with one attached hydrogen (secondary N) is 1. The van der Waals surface area contributed by atoms with Crippen LogP contribution in [0.3, 0.4) is 0 Å². The SMILES string of the molecule is COc1ccccc1OCC(=O)OCC(=O)c1c(N)n(C)c(=O)[nH]c1=O. The van der Waals surface area contributed by atoms with Crippen LogP contribution in [0.2, 0.25) is 0 Å². The van der Waals surface area contributed by atoms with Crippen LogP contribution < -0.4 is 26.5 Å². The first-order valence-electron chi connectivity index (χ1n) is 7.38. The fourth-order valence-corrected chi connectivity index (χ4v) is 2.04. The number of nitrogens with zero attached hydrogens (tertiary/aromatic N) is 1. The van der Waals surface area contributed by atoms with E-state index in [4.69, 9.17) is 19.9 Å². The number of ketones is 1. The van der Waals surface area contributed by atoms with Gasteiger partial charge in [0, 0.05) is 7.05 Å². The van der Waals surface area contributed by atoms with E-state index < -0.39 is 41.8 Å². The summed E-state index contributed by atoms with van der Waals surface area (Å²) < 4.78 is 16.0. The lowest BCUT2D eigenvalue weighted by molar-refractivity contribution is -0.144. The van der Waals surface area contributed by atoms with Crippen LogP contribution in [-0.2, 0) is 16.6 Å². The van der Waals surface area contributed by atoms with Crippen LogP contribution in [0.5, 0.6) is 11.5 Å². The van der Waals surface area contributed by atoms with Crippen molar-refractivity contribution in [3.05, 3.63) is 50.7 Å². The molecule has 0 amide bonds. The molecule has 0 spiro atoms. The quantitative estimate of drug-likeness (QED) is 0.494. The van der Waals surface area contributed by atoms with Crippen LogP contribution in [-0.4, -0.2) is 41.6 Å². The fraction of sp³-hybridized carbons (Fsp3) is 0.250. The molecule has 0 aliphatic heterocycles. The van der Waals surface area contributed by atoms with E-state index in [1.165, 1.54) is 14.2 Å². The molecule has 0 aliphatic carbocycles. The molecule has 1 aromatic heterocycles. The average Bonchev–Trinajstić information content (AvgIpc) is 2.63. The Bertz CT molecular complexity index is 946. The molecule has 0 bridgehead atoms. The lowest BCUT2D eigenvalue weighted by Crippen LogP contribution is -2.36. The summed E-state index contributed by atoms with van der Waals surface area (Å²) in [5, 5.41) is 0. The van der Waals surface area contributed by atoms with Gasteiger partial charge in [-0.15, -0.1) is 0 Å². The second-order valence-corrected chi connectivity index (χ2v) is 5.10. The highest BCUT2D eigenvalue weighted by molar-refractivity contribution is 6.01. The summed E-state index contributed by atoms with van der Waals surface area (Å²) in [6, 6.07) is 6.68. The molecule has 3 N–H and O–H groups in total. The number of nitrogen functional groups attached to an aromatic ring is 1. The number of H-pyrrole nitrogens is 1. The highest BCUT2D eigenvalue weighted by Crippen LogP contribution is 2.25. The zero-order chi connectivity index (χ0) is 19.3. The Morgan fingerprint density at radius 2 is 1.81 bits per heavy atom. The summed E-state index contributed by atoms with van der Waals surface area (Å²) in [7, 11) is 2.74. The molecule has 0 radical (unpaired) electrons. The van der Waals surface area contributed by atoms with Gasteiger partial charge in [-0.25, -0.2) is 9.59 Å². The van der Waals surface area contributed by atoms with Gasteiger partial charge in [-0.3, -0.25) is 19.1 Å². The number of aromatic amines is 1. The van der Waals surface area contributed by atoms with Crippen LogP contribution in [0, 0.1) is 0 Å². The van der Waals surface area contributed by atoms with Crippen molar-refractivity contribution >= 4 is 17.6 Å². The van der Waals surface area contributed by atoms with E-state index in [0.29, 0.717) is 11.5 Å². The molecule has 0 atom stereocenters. The van der Waals surface area contributed by atoms with Crippen molar-refractivity contribution in [2.24, 2.45) is 7.05 Å². The second-order valence-electron chi connectivity index (χ2n) is 5.10. The Hall–Kier alpha value is -3.56. The maximum atomic E-state index is 12.1. The summed E-state index contributed by atoms with van der Waals surface area (Å²) in [6.45, 7) is -1.19. The number of carbonyl (C=O) groups excluding carboxylic acids is 2. The first-order chi connectivity index (χ1) is 12.3. The molecule has 1 heterocycles. The Morgan fingerprint density at radius 1 is 1.15 bits per heavy atom. The first kappa shape index (κ1) is 18.8. The third kappa shape index (κ3) is 4.09. The topological polar surface area (TPSA) is 143 Å². The Balaban J connectivity index is 1.98. The Labute approximate surface area is 147 Å². The molecule has 1 aromatic carbocycles. The fourth-order valence-electron chi connectivity index (χ4n) is 2.04. The van der Waals surface area contributed by atoms with Crippen LogP contribution in [0.15, 0.2) is 33.9 Å². The van der Waals surface area contributed by atoms with Gasteiger partial charge < -0.3 is 19.9 Å². The van der Waals surface area contributed by atoms with E-state index >= 15 is 0 Å². The van der Waals surface area contributed by atoms with Crippen LogP contribution >= 0.6 is 0 Å². The number of nitrogens with two attached hydrogens (primary N) is 1. The molecule has 138 valence electrons. The van der Waals surface area contributed by atoms with E-state index in [2.05, 4.69) is 0 Å². The van der Waals surface area contributed by atoms with E-state index in [0.717, 1.165) is 4.57 Å². The zero-order valence-electron chi connectivity index (χ0n) is 14.1. The number of aromatic nitrogens is 2. The predicted octanol–water partition coefficient (Wildman–Crippen LogP) is -0.531. The third-order valence-electron chi connectivity index (χ3n) is 3.43. The molecule has 0 saturated carbocycles. The Kier molecular flexibility index (Phi) is 5.78. The lowest BCUT2D eigenvalue weighted by Gasteiger charge is -2.10. The molecule has 10 heteroatoms. The van der Waals surface area contributed by atoms with Crippen molar-refractivity contribution in [3.63, 3.8) is 0 Å². The van der Waals surface area contributed by atoms with Gasteiger partial charge in [0.1, 0.15) is 11.4 Å². The number of hydrogen-bond donors (Lipinski definition) is 2. The molecule has 26 heavy (non-hydrogen) atoms. The van der Waals surface area contributed by atoms with E-state index in [-0.39, 0.29) is 5.82 Å². The summed E-state index contributed by atoms with van der Waals surface area (Å²) in [4.78, 5) is 48.9. The minimum Gasteiger partial charge on any atom is -0.493 e. The molecule has 0 fully saturated rings. The highest BCUT2D eigenvalue weighted by atomic mass is 16.6. The number of benzene rings is 1. The molecular formula is C16H17N3O7. The van der Waals surface area contributed by atoms with Crippen molar-refractivity contribution in [1.82, 2.24) is 9.55 Å². The molecule has 0 saturated heterocycles. The number of esters is 1. The number of para-hydroxylation sites is 2. The van der Waals surface area contributed by atoms with Crippen molar-refractivity contribution < 1.29 is 23.8 Å². The second kappa shape index (κ2) is 8.01. The largest absolute Gasteiger partial charge is 0.493 e. The first-order valence-corrected chi connectivity index (χ1v) is 7.38. The number of carbonyl (C=O) groups is 2. The van der Waals surface area contributed by atoms with E-state index in [9.17, 15) is 19.2 Å². The number of hydrogen-bond acceptors (Lipinski definition) is 8. The summed E-state index contributed by atoms with van der Waals surface area (Å²) in [6.07, 6.45) is 0. The van der Waals surface area contributed by atoms with Gasteiger partial charge in [0.2, 0.25) is 5.78 Å². The zero-order valence-corrected chi connectivity index (χ0v) is 14.1. The summed E-state index contributed by atoms with van der Waals surface area (Å²) in [5.41, 5.74) is 3.44. The maximum absolute atomic E-state index is 12.1. The monoisotopic (exact) mass is 363 g/mol. The van der Waals surface area contributed by atoms with Crippen LogP contribution in [0.25, 0.3) is 0 Å². The maximum Gasteiger partial charge on any atom is 0.344 e. The summed E-state index contributed by atoms with van der Waals surface area (Å²) >= 11 is 0. The van der Waals surface area contributed by atoms with Gasteiger partial charge in [-0.1, -0.05) is 12.1 Å².